The van der Waals surface area contributed by atoms with Crippen LogP contribution in [0.5, 0.6) is 0 Å². The van der Waals surface area contributed by atoms with Gasteiger partial charge in [0.1, 0.15) is 0 Å². The van der Waals surface area contributed by atoms with Crippen LogP contribution in [0.25, 0.3) is 0 Å². The Bertz CT molecular complexity index is 1500. The molecule has 1 aliphatic carbocycles. The van der Waals surface area contributed by atoms with Gasteiger partial charge in [-0.1, -0.05) is 89.4 Å². The maximum atomic E-state index is 14.3. The van der Waals surface area contributed by atoms with Gasteiger partial charge in [0.05, 0.1) is 20.9 Å². The van der Waals surface area contributed by atoms with Gasteiger partial charge in [-0.05, 0) is 92.4 Å². The molecule has 1 saturated carbocycles. The standard InChI is InChI=1S/C36H40Cl3N3O2/c1-40(24-26-10-6-7-13-30(26)37)34(44)36(28-14-15-31(38)32(39)22-28)23-29(36)25-41-20-16-35(17-21-41,27-11-4-2-5-12-27)33(43)42-18-8-3-9-19-42/h2,4-7,10-15,22,29H,3,8-9,16-21,23-25H2,1H3. The molecule has 3 aromatic rings. The second-order valence-corrected chi connectivity index (χ2v) is 14.1. The highest BCUT2D eigenvalue weighted by atomic mass is 35.5. The van der Waals surface area contributed by atoms with Gasteiger partial charge in [-0.15, -0.1) is 0 Å². The van der Waals surface area contributed by atoms with Crippen molar-refractivity contribution in [1.82, 2.24) is 14.7 Å². The highest BCUT2D eigenvalue weighted by Gasteiger charge is 2.62. The molecule has 3 fully saturated rings. The lowest BCUT2D eigenvalue weighted by Crippen LogP contribution is -2.54. The molecule has 3 aliphatic rings. The van der Waals surface area contributed by atoms with Crippen molar-refractivity contribution >= 4 is 46.6 Å². The third kappa shape index (κ3) is 6.01. The smallest absolute Gasteiger partial charge is 0.233 e. The van der Waals surface area contributed by atoms with Gasteiger partial charge >= 0.3 is 0 Å². The van der Waals surface area contributed by atoms with Gasteiger partial charge in [-0.2, -0.15) is 0 Å². The third-order valence-electron chi connectivity index (χ3n) is 10.2. The fourth-order valence-electron chi connectivity index (χ4n) is 7.57. The minimum Gasteiger partial charge on any atom is -0.342 e. The fraction of sp³-hybridized carbons (Fsp3) is 0.444. The average molecular weight is 653 g/mol. The number of hydrogen-bond acceptors (Lipinski definition) is 3. The molecule has 0 radical (unpaired) electrons. The first-order valence-corrected chi connectivity index (χ1v) is 16.9. The highest BCUT2D eigenvalue weighted by molar-refractivity contribution is 6.42. The molecule has 2 amide bonds. The largest absolute Gasteiger partial charge is 0.342 e. The summed E-state index contributed by atoms with van der Waals surface area (Å²) in [5.41, 5.74) is 1.77. The Morgan fingerprint density at radius 1 is 0.795 bits per heavy atom. The normalized spacial score (nSPS) is 23.3. The van der Waals surface area contributed by atoms with Crippen molar-refractivity contribution in [2.75, 3.05) is 39.8 Å². The summed E-state index contributed by atoms with van der Waals surface area (Å²) in [6.45, 7) is 4.55. The minimum absolute atomic E-state index is 0.0664. The van der Waals surface area contributed by atoms with Gasteiger partial charge in [-0.3, -0.25) is 9.59 Å². The summed E-state index contributed by atoms with van der Waals surface area (Å²) in [4.78, 5) is 34.8. The van der Waals surface area contributed by atoms with Crippen LogP contribution in [0.15, 0.2) is 72.8 Å². The first-order chi connectivity index (χ1) is 21.2. The Morgan fingerprint density at radius 3 is 2.16 bits per heavy atom. The number of carbonyl (C=O) groups is 2. The summed E-state index contributed by atoms with van der Waals surface area (Å²) in [7, 11) is 1.85. The Kier molecular flexibility index (Phi) is 9.31. The van der Waals surface area contributed by atoms with Crippen molar-refractivity contribution < 1.29 is 9.59 Å². The monoisotopic (exact) mass is 651 g/mol. The van der Waals surface area contributed by atoms with E-state index >= 15 is 0 Å². The molecule has 3 aromatic carbocycles. The van der Waals surface area contributed by atoms with Gasteiger partial charge in [-0.25, -0.2) is 0 Å². The van der Waals surface area contributed by atoms with Crippen molar-refractivity contribution in [3.05, 3.63) is 105 Å². The number of hydrogen-bond donors (Lipinski definition) is 0. The molecule has 2 unspecified atom stereocenters. The summed E-state index contributed by atoms with van der Waals surface area (Å²) < 4.78 is 0. The van der Waals surface area contributed by atoms with Crippen molar-refractivity contribution in [1.29, 1.82) is 0 Å². The molecular weight excluding hydrogens is 613 g/mol. The second-order valence-electron chi connectivity index (χ2n) is 12.9. The average Bonchev–Trinajstić information content (AvgIpc) is 3.78. The van der Waals surface area contributed by atoms with Crippen LogP contribution in [0, 0.1) is 5.92 Å². The number of nitrogens with zero attached hydrogens (tertiary/aromatic N) is 3. The second kappa shape index (κ2) is 13.0. The predicted octanol–water partition coefficient (Wildman–Crippen LogP) is 7.61. The third-order valence-corrected chi connectivity index (χ3v) is 11.3. The van der Waals surface area contributed by atoms with E-state index in [2.05, 4.69) is 21.9 Å². The van der Waals surface area contributed by atoms with Gasteiger partial charge in [0, 0.05) is 38.2 Å². The summed E-state index contributed by atoms with van der Waals surface area (Å²) >= 11 is 19.2. The predicted molar refractivity (Wildman–Crippen MR) is 178 cm³/mol. The van der Waals surface area contributed by atoms with Crippen molar-refractivity contribution in [3.8, 4) is 0 Å². The maximum absolute atomic E-state index is 14.3. The fourth-order valence-corrected chi connectivity index (χ4v) is 8.06. The van der Waals surface area contributed by atoms with E-state index in [0.29, 0.717) is 21.6 Å². The van der Waals surface area contributed by atoms with Crippen LogP contribution in [0.1, 0.15) is 55.2 Å². The first-order valence-electron chi connectivity index (χ1n) is 15.8. The molecule has 0 bridgehead atoms. The molecule has 6 rings (SSSR count). The van der Waals surface area contributed by atoms with Crippen LogP contribution in [0.4, 0.5) is 0 Å². The topological polar surface area (TPSA) is 43.9 Å². The molecule has 2 atom stereocenters. The number of halogens is 3. The van der Waals surface area contributed by atoms with Crippen LogP contribution in [-0.4, -0.2) is 66.3 Å². The number of carbonyl (C=O) groups excluding carboxylic acids is 2. The summed E-state index contributed by atoms with van der Waals surface area (Å²) in [6.07, 6.45) is 5.66. The van der Waals surface area contributed by atoms with E-state index in [1.165, 1.54) is 6.42 Å². The number of likely N-dealkylation sites (tertiary alicyclic amines) is 2. The molecule has 8 heteroatoms. The van der Waals surface area contributed by atoms with E-state index in [9.17, 15) is 9.59 Å². The van der Waals surface area contributed by atoms with E-state index in [0.717, 1.165) is 81.5 Å². The molecule has 2 saturated heterocycles. The Morgan fingerprint density at radius 2 is 1.48 bits per heavy atom. The quantitative estimate of drug-likeness (QED) is 0.252. The van der Waals surface area contributed by atoms with Crippen LogP contribution in [-0.2, 0) is 27.0 Å². The lowest BCUT2D eigenvalue weighted by Gasteiger charge is -2.44. The zero-order valence-corrected chi connectivity index (χ0v) is 27.6. The Hall–Kier alpha value is -2.57. The molecule has 0 N–H and O–H groups in total. The molecule has 2 heterocycles. The zero-order chi connectivity index (χ0) is 30.9. The Balaban J connectivity index is 1.21. The van der Waals surface area contributed by atoms with Gasteiger partial charge in [0.25, 0.3) is 0 Å². The zero-order valence-electron chi connectivity index (χ0n) is 25.3. The molecule has 232 valence electrons. The van der Waals surface area contributed by atoms with E-state index in [1.54, 1.807) is 11.0 Å². The van der Waals surface area contributed by atoms with E-state index in [-0.39, 0.29) is 17.7 Å². The number of benzene rings is 3. The summed E-state index contributed by atoms with van der Waals surface area (Å²) in [5.74, 6) is 0.482. The molecule has 0 spiro atoms. The lowest BCUT2D eigenvalue weighted by molar-refractivity contribution is -0.140. The summed E-state index contributed by atoms with van der Waals surface area (Å²) in [5, 5.41) is 1.58. The van der Waals surface area contributed by atoms with Gasteiger partial charge in [0.15, 0.2) is 0 Å². The molecular formula is C36H40Cl3N3O2. The molecule has 5 nitrogen and oxygen atoms in total. The number of amides is 2. The van der Waals surface area contributed by atoms with E-state index < -0.39 is 10.8 Å². The van der Waals surface area contributed by atoms with E-state index in [4.69, 9.17) is 34.8 Å². The van der Waals surface area contributed by atoms with Crippen LogP contribution < -0.4 is 0 Å². The maximum Gasteiger partial charge on any atom is 0.233 e. The Labute approximate surface area is 276 Å². The molecule has 0 aromatic heterocycles. The van der Waals surface area contributed by atoms with Crippen LogP contribution >= 0.6 is 34.8 Å². The minimum atomic E-state index is -0.679. The number of likely N-dealkylation sites (N-methyl/N-ethyl adjacent to an activating group) is 1. The molecule has 2 aliphatic heterocycles. The van der Waals surface area contributed by atoms with Crippen molar-refractivity contribution in [3.63, 3.8) is 0 Å². The van der Waals surface area contributed by atoms with Crippen molar-refractivity contribution in [2.24, 2.45) is 5.92 Å². The van der Waals surface area contributed by atoms with E-state index in [1.807, 2.05) is 61.6 Å². The molecule has 44 heavy (non-hydrogen) atoms. The van der Waals surface area contributed by atoms with Crippen LogP contribution in [0.3, 0.4) is 0 Å². The number of piperidine rings is 2. The first kappa shape index (κ1) is 31.4. The van der Waals surface area contributed by atoms with Gasteiger partial charge < -0.3 is 14.7 Å². The SMILES string of the molecule is CN(Cc1ccccc1Cl)C(=O)C1(c2ccc(Cl)c(Cl)c2)CC1CN1CCC(C(=O)N2CCCCC2)(c2ccccc2)CC1. The lowest BCUT2D eigenvalue weighted by atomic mass is 9.71. The number of rotatable bonds is 8. The summed E-state index contributed by atoms with van der Waals surface area (Å²) in [6, 6.07) is 23.6. The van der Waals surface area contributed by atoms with Crippen LogP contribution in [0.2, 0.25) is 15.1 Å². The van der Waals surface area contributed by atoms with Crippen molar-refractivity contribution in [2.45, 2.75) is 55.9 Å². The van der Waals surface area contributed by atoms with Gasteiger partial charge in [0.2, 0.25) is 11.8 Å². The highest BCUT2D eigenvalue weighted by Crippen LogP contribution is 2.57.